The Balaban J connectivity index is 1.84. The fourth-order valence-electron chi connectivity index (χ4n) is 1.92. The van der Waals surface area contributed by atoms with Crippen LogP contribution in [0.15, 0.2) is 40.8 Å². The Hall–Kier alpha value is -2.23. The van der Waals surface area contributed by atoms with Crippen molar-refractivity contribution < 1.29 is 9.21 Å². The van der Waals surface area contributed by atoms with Crippen LogP contribution in [0.4, 0.5) is 11.4 Å². The fourth-order valence-corrected chi connectivity index (χ4v) is 1.92. The maximum Gasteiger partial charge on any atom is 0.224 e. The van der Waals surface area contributed by atoms with Crippen molar-refractivity contribution in [2.24, 2.45) is 0 Å². The number of benzene rings is 1. The molecule has 0 aliphatic rings. The molecule has 0 fully saturated rings. The zero-order valence-electron chi connectivity index (χ0n) is 12.1. The number of amides is 1. The van der Waals surface area contributed by atoms with Gasteiger partial charge in [0.2, 0.25) is 5.91 Å². The van der Waals surface area contributed by atoms with Crippen LogP contribution in [0, 0.1) is 6.92 Å². The molecular weight excluding hydrogens is 252 g/mol. The highest BCUT2D eigenvalue weighted by atomic mass is 16.3. The molecule has 2 aromatic rings. The SMILES string of the molecule is Cc1ccc(CCC(=O)Nc2ccc(N(C)C)cc2)o1. The van der Waals surface area contributed by atoms with E-state index in [2.05, 4.69) is 5.32 Å². The molecule has 4 nitrogen and oxygen atoms in total. The fraction of sp³-hybridized carbons (Fsp3) is 0.312. The summed E-state index contributed by atoms with van der Waals surface area (Å²) < 4.78 is 5.44. The van der Waals surface area contributed by atoms with Crippen molar-refractivity contribution in [2.45, 2.75) is 19.8 Å². The van der Waals surface area contributed by atoms with Crippen LogP contribution in [0.3, 0.4) is 0 Å². The van der Waals surface area contributed by atoms with Gasteiger partial charge in [-0.25, -0.2) is 0 Å². The van der Waals surface area contributed by atoms with Crippen molar-refractivity contribution >= 4 is 17.3 Å². The molecular formula is C16H20N2O2. The molecule has 1 heterocycles. The van der Waals surface area contributed by atoms with Crippen molar-refractivity contribution in [2.75, 3.05) is 24.3 Å². The topological polar surface area (TPSA) is 45.5 Å². The summed E-state index contributed by atoms with van der Waals surface area (Å²) in [5.74, 6) is 1.72. The highest BCUT2D eigenvalue weighted by Crippen LogP contribution is 2.16. The number of hydrogen-bond donors (Lipinski definition) is 1. The summed E-state index contributed by atoms with van der Waals surface area (Å²) in [6, 6.07) is 11.6. The quantitative estimate of drug-likeness (QED) is 0.909. The maximum atomic E-state index is 11.8. The Labute approximate surface area is 119 Å². The second kappa shape index (κ2) is 6.28. The summed E-state index contributed by atoms with van der Waals surface area (Å²) in [5, 5.41) is 2.89. The van der Waals surface area contributed by atoms with Gasteiger partial charge in [0, 0.05) is 38.3 Å². The minimum atomic E-state index is -0.00310. The molecule has 0 saturated carbocycles. The van der Waals surface area contributed by atoms with E-state index < -0.39 is 0 Å². The minimum Gasteiger partial charge on any atom is -0.466 e. The van der Waals surface area contributed by atoms with Gasteiger partial charge in [0.05, 0.1) is 0 Å². The molecule has 1 aromatic heterocycles. The third-order valence-corrected chi connectivity index (χ3v) is 3.06. The van der Waals surface area contributed by atoms with Crippen LogP contribution in [0.25, 0.3) is 0 Å². The largest absolute Gasteiger partial charge is 0.466 e. The standard InChI is InChI=1S/C16H20N2O2/c1-12-4-9-15(20-12)10-11-16(19)17-13-5-7-14(8-6-13)18(2)3/h4-9H,10-11H2,1-3H3,(H,17,19). The molecule has 2 rings (SSSR count). The van der Waals surface area contributed by atoms with Gasteiger partial charge >= 0.3 is 0 Å². The molecule has 106 valence electrons. The van der Waals surface area contributed by atoms with Gasteiger partial charge in [-0.3, -0.25) is 4.79 Å². The molecule has 0 radical (unpaired) electrons. The van der Waals surface area contributed by atoms with Crippen LogP contribution in [0.1, 0.15) is 17.9 Å². The number of nitrogens with one attached hydrogen (secondary N) is 1. The third-order valence-electron chi connectivity index (χ3n) is 3.06. The summed E-state index contributed by atoms with van der Waals surface area (Å²) in [6.07, 6.45) is 1.04. The van der Waals surface area contributed by atoms with Crippen molar-refractivity contribution in [1.29, 1.82) is 0 Å². The minimum absolute atomic E-state index is 0.00310. The highest BCUT2D eigenvalue weighted by molar-refractivity contribution is 5.90. The summed E-state index contributed by atoms with van der Waals surface area (Å²) in [5.41, 5.74) is 1.92. The van der Waals surface area contributed by atoms with Gasteiger partial charge < -0.3 is 14.6 Å². The van der Waals surface area contributed by atoms with Crippen molar-refractivity contribution in [1.82, 2.24) is 0 Å². The van der Waals surface area contributed by atoms with E-state index in [9.17, 15) is 4.79 Å². The lowest BCUT2D eigenvalue weighted by molar-refractivity contribution is -0.116. The van der Waals surface area contributed by atoms with E-state index in [1.807, 2.05) is 62.3 Å². The number of carbonyl (C=O) groups excluding carboxylic acids is 1. The first kappa shape index (κ1) is 14.2. The average Bonchev–Trinajstić information content (AvgIpc) is 2.83. The summed E-state index contributed by atoms with van der Waals surface area (Å²) in [4.78, 5) is 13.9. The Morgan fingerprint density at radius 2 is 1.85 bits per heavy atom. The molecule has 1 aromatic carbocycles. The predicted octanol–water partition coefficient (Wildman–Crippen LogP) is 3.23. The number of nitrogens with zero attached hydrogens (tertiary/aromatic N) is 1. The van der Waals surface area contributed by atoms with Gasteiger partial charge in [-0.2, -0.15) is 0 Å². The van der Waals surface area contributed by atoms with Gasteiger partial charge in [0.25, 0.3) is 0 Å². The van der Waals surface area contributed by atoms with Crippen LogP contribution in [0.5, 0.6) is 0 Å². The Bertz CT molecular complexity index is 570. The number of aryl methyl sites for hydroxylation is 2. The number of furan rings is 1. The molecule has 0 aliphatic carbocycles. The monoisotopic (exact) mass is 272 g/mol. The van der Waals surface area contributed by atoms with E-state index in [4.69, 9.17) is 4.42 Å². The van der Waals surface area contributed by atoms with Gasteiger partial charge in [0.1, 0.15) is 11.5 Å². The summed E-state index contributed by atoms with van der Waals surface area (Å²) in [7, 11) is 3.97. The van der Waals surface area contributed by atoms with Gasteiger partial charge in [-0.1, -0.05) is 0 Å². The van der Waals surface area contributed by atoms with Crippen LogP contribution < -0.4 is 10.2 Å². The molecule has 0 spiro atoms. The lowest BCUT2D eigenvalue weighted by Crippen LogP contribution is -2.13. The van der Waals surface area contributed by atoms with E-state index >= 15 is 0 Å². The molecule has 0 atom stereocenters. The van der Waals surface area contributed by atoms with E-state index in [1.165, 1.54) is 0 Å². The second-order valence-corrected chi connectivity index (χ2v) is 5.00. The van der Waals surface area contributed by atoms with Crippen molar-refractivity contribution in [3.8, 4) is 0 Å². The van der Waals surface area contributed by atoms with Gasteiger partial charge in [0.15, 0.2) is 0 Å². The lowest BCUT2D eigenvalue weighted by Gasteiger charge is -2.13. The predicted molar refractivity (Wildman–Crippen MR) is 81.2 cm³/mol. The van der Waals surface area contributed by atoms with Gasteiger partial charge in [-0.15, -0.1) is 0 Å². The molecule has 0 bridgehead atoms. The number of carbonyl (C=O) groups is 1. The molecule has 20 heavy (non-hydrogen) atoms. The second-order valence-electron chi connectivity index (χ2n) is 5.00. The number of anilines is 2. The zero-order valence-corrected chi connectivity index (χ0v) is 12.1. The Kier molecular flexibility index (Phi) is 4.45. The normalized spacial score (nSPS) is 10.3. The molecule has 0 unspecified atom stereocenters. The van der Waals surface area contributed by atoms with E-state index in [0.29, 0.717) is 12.8 Å². The molecule has 1 amide bonds. The first-order valence-corrected chi connectivity index (χ1v) is 6.67. The van der Waals surface area contributed by atoms with Crippen LogP contribution >= 0.6 is 0 Å². The molecule has 1 N–H and O–H groups in total. The van der Waals surface area contributed by atoms with E-state index in [0.717, 1.165) is 22.9 Å². The highest BCUT2D eigenvalue weighted by Gasteiger charge is 2.05. The van der Waals surface area contributed by atoms with Crippen LogP contribution in [-0.4, -0.2) is 20.0 Å². The molecule has 0 saturated heterocycles. The molecule has 4 heteroatoms. The third kappa shape index (κ3) is 3.88. The summed E-state index contributed by atoms with van der Waals surface area (Å²) >= 11 is 0. The van der Waals surface area contributed by atoms with Crippen molar-refractivity contribution in [3.63, 3.8) is 0 Å². The smallest absolute Gasteiger partial charge is 0.224 e. The van der Waals surface area contributed by atoms with Crippen molar-refractivity contribution in [3.05, 3.63) is 47.9 Å². The first-order chi connectivity index (χ1) is 9.54. The Morgan fingerprint density at radius 3 is 2.40 bits per heavy atom. The average molecular weight is 272 g/mol. The number of rotatable bonds is 5. The van der Waals surface area contributed by atoms with Gasteiger partial charge in [-0.05, 0) is 43.3 Å². The summed E-state index contributed by atoms with van der Waals surface area (Å²) in [6.45, 7) is 1.90. The Morgan fingerprint density at radius 1 is 1.15 bits per heavy atom. The molecule has 0 aliphatic heterocycles. The maximum absolute atomic E-state index is 11.8. The first-order valence-electron chi connectivity index (χ1n) is 6.67. The van der Waals surface area contributed by atoms with E-state index in [1.54, 1.807) is 0 Å². The van der Waals surface area contributed by atoms with E-state index in [-0.39, 0.29) is 5.91 Å². The van der Waals surface area contributed by atoms with Crippen LogP contribution in [-0.2, 0) is 11.2 Å². The van der Waals surface area contributed by atoms with Crippen LogP contribution in [0.2, 0.25) is 0 Å². The number of hydrogen-bond acceptors (Lipinski definition) is 3. The lowest BCUT2D eigenvalue weighted by atomic mass is 10.2. The zero-order chi connectivity index (χ0) is 14.5.